The minimum Gasteiger partial charge on any atom is -0.456 e. The maximum absolute atomic E-state index is 12.8. The van der Waals surface area contributed by atoms with E-state index in [1.165, 1.54) is 18.2 Å². The molecule has 2 bridgehead atoms. The van der Waals surface area contributed by atoms with Crippen LogP contribution in [0.4, 0.5) is 0 Å². The number of ketones is 1. The summed E-state index contributed by atoms with van der Waals surface area (Å²) in [5.74, 6) is -1.41. The molecule has 0 spiro atoms. The number of amides is 2. The third kappa shape index (κ3) is 2.92. The molecule has 1 heterocycles. The van der Waals surface area contributed by atoms with Crippen LogP contribution in [0.25, 0.3) is 0 Å². The molecule has 29 heavy (non-hydrogen) atoms. The van der Waals surface area contributed by atoms with Crippen LogP contribution in [-0.4, -0.2) is 41.6 Å². The van der Waals surface area contributed by atoms with Crippen molar-refractivity contribution in [1.29, 1.82) is 0 Å². The number of carbonyl (C=O) groups excluding carboxylic acids is 4. The number of hydrogen-bond donors (Lipinski definition) is 0. The SMILES string of the molecule is O=C(CN1C(=O)[C@H]2[C@@H]3C=C[C@H]([C@H]4C[C@H]34)[C@@H]2C1=O)OCC(=O)c1ccc(Cl)cc1Cl. The lowest BCUT2D eigenvalue weighted by Crippen LogP contribution is -2.40. The molecule has 1 aromatic rings. The van der Waals surface area contributed by atoms with E-state index in [-0.39, 0.29) is 46.1 Å². The Kier molecular flexibility index (Phi) is 4.33. The van der Waals surface area contributed by atoms with Crippen LogP contribution in [0.2, 0.25) is 10.0 Å². The maximum Gasteiger partial charge on any atom is 0.326 e. The first-order valence-electron chi connectivity index (χ1n) is 9.54. The summed E-state index contributed by atoms with van der Waals surface area (Å²) in [5, 5.41) is 0.547. The summed E-state index contributed by atoms with van der Waals surface area (Å²) >= 11 is 11.8. The molecule has 1 aromatic carbocycles. The topological polar surface area (TPSA) is 80.8 Å². The standard InChI is InChI=1S/C21H17Cl2NO5/c22-9-1-2-12(15(23)5-9)16(25)8-29-17(26)7-24-20(27)18-10-3-4-11(14-6-13(10)14)19(18)21(24)28/h1-5,10-11,13-14,18-19H,6-8H2/t10-,11-,13-,14-,18+,19+/m1/s1. The number of nitrogens with zero attached hydrogens (tertiary/aromatic N) is 1. The fraction of sp³-hybridized carbons (Fsp3) is 0.429. The summed E-state index contributed by atoms with van der Waals surface area (Å²) in [6.07, 6.45) is 5.22. The van der Waals surface area contributed by atoms with Gasteiger partial charge in [-0.15, -0.1) is 0 Å². The number of hydrogen-bond acceptors (Lipinski definition) is 5. The van der Waals surface area contributed by atoms with Crippen molar-refractivity contribution < 1.29 is 23.9 Å². The van der Waals surface area contributed by atoms with Gasteiger partial charge in [0.2, 0.25) is 17.6 Å². The van der Waals surface area contributed by atoms with Gasteiger partial charge in [-0.2, -0.15) is 0 Å². The molecule has 0 radical (unpaired) electrons. The molecule has 6 rings (SSSR count). The minimum absolute atomic E-state index is 0.0982. The highest BCUT2D eigenvalue weighted by Crippen LogP contribution is 2.65. The van der Waals surface area contributed by atoms with Crippen molar-refractivity contribution in [3.63, 3.8) is 0 Å². The molecule has 0 N–H and O–H groups in total. The number of rotatable bonds is 5. The van der Waals surface area contributed by atoms with Crippen LogP contribution in [0.1, 0.15) is 16.8 Å². The monoisotopic (exact) mass is 433 g/mol. The third-order valence-electron chi connectivity index (χ3n) is 6.64. The van der Waals surface area contributed by atoms with E-state index in [4.69, 9.17) is 27.9 Å². The molecule has 1 aliphatic heterocycles. The van der Waals surface area contributed by atoms with Gasteiger partial charge in [-0.25, -0.2) is 0 Å². The summed E-state index contributed by atoms with van der Waals surface area (Å²) in [4.78, 5) is 51.2. The Morgan fingerprint density at radius 3 is 2.24 bits per heavy atom. The summed E-state index contributed by atoms with van der Waals surface area (Å²) in [5.41, 5.74) is 0.185. The van der Waals surface area contributed by atoms with E-state index in [0.717, 1.165) is 11.3 Å². The quantitative estimate of drug-likeness (QED) is 0.308. The van der Waals surface area contributed by atoms with Crippen LogP contribution in [0.3, 0.4) is 0 Å². The second-order valence-electron chi connectivity index (χ2n) is 8.13. The molecule has 0 unspecified atom stereocenters. The van der Waals surface area contributed by atoms with Gasteiger partial charge < -0.3 is 4.74 Å². The third-order valence-corrected chi connectivity index (χ3v) is 7.18. The van der Waals surface area contributed by atoms with Gasteiger partial charge in [0, 0.05) is 10.6 Å². The van der Waals surface area contributed by atoms with E-state index in [1.807, 2.05) is 0 Å². The lowest BCUT2D eigenvalue weighted by Gasteiger charge is -2.37. The van der Waals surface area contributed by atoms with Gasteiger partial charge >= 0.3 is 5.97 Å². The Morgan fingerprint density at radius 2 is 1.66 bits per heavy atom. The van der Waals surface area contributed by atoms with Crippen molar-refractivity contribution in [2.45, 2.75) is 6.42 Å². The molecule has 5 aliphatic rings. The van der Waals surface area contributed by atoms with Gasteiger partial charge in [-0.05, 0) is 48.3 Å². The first kappa shape index (κ1) is 18.8. The maximum atomic E-state index is 12.8. The number of ether oxygens (including phenoxy) is 1. The van der Waals surface area contributed by atoms with E-state index in [0.29, 0.717) is 16.9 Å². The summed E-state index contributed by atoms with van der Waals surface area (Å²) < 4.78 is 5.01. The number of Topliss-reactive ketones (excluding diaryl/α,β-unsaturated/α-hetero) is 1. The first-order chi connectivity index (χ1) is 13.9. The molecular weight excluding hydrogens is 417 g/mol. The van der Waals surface area contributed by atoms with E-state index in [1.54, 1.807) is 0 Å². The largest absolute Gasteiger partial charge is 0.456 e. The molecule has 4 aliphatic carbocycles. The molecule has 8 heteroatoms. The van der Waals surface area contributed by atoms with Crippen LogP contribution >= 0.6 is 23.2 Å². The van der Waals surface area contributed by atoms with Crippen LogP contribution < -0.4 is 0 Å². The van der Waals surface area contributed by atoms with Gasteiger partial charge in [-0.3, -0.25) is 24.1 Å². The molecule has 0 aromatic heterocycles. The summed E-state index contributed by atoms with van der Waals surface area (Å²) in [7, 11) is 0. The Bertz CT molecular complexity index is 953. The van der Waals surface area contributed by atoms with Crippen LogP contribution in [-0.2, 0) is 19.1 Å². The molecule has 6 atom stereocenters. The van der Waals surface area contributed by atoms with Crippen LogP contribution in [0, 0.1) is 35.5 Å². The average Bonchev–Trinajstić information content (AvgIpc) is 3.47. The van der Waals surface area contributed by atoms with Crippen molar-refractivity contribution >= 4 is 46.8 Å². The van der Waals surface area contributed by atoms with Gasteiger partial charge in [0.1, 0.15) is 6.54 Å². The van der Waals surface area contributed by atoms with Gasteiger partial charge in [0.25, 0.3) is 0 Å². The average molecular weight is 434 g/mol. The highest BCUT2D eigenvalue weighted by molar-refractivity contribution is 6.36. The van der Waals surface area contributed by atoms with Gasteiger partial charge in [0.05, 0.1) is 16.9 Å². The van der Waals surface area contributed by atoms with Crippen molar-refractivity contribution in [2.24, 2.45) is 35.5 Å². The van der Waals surface area contributed by atoms with Crippen molar-refractivity contribution in [1.82, 2.24) is 4.90 Å². The lowest BCUT2D eigenvalue weighted by molar-refractivity contribution is -0.152. The number of carbonyl (C=O) groups is 4. The second-order valence-corrected chi connectivity index (χ2v) is 8.97. The number of benzene rings is 1. The Morgan fingerprint density at radius 1 is 1.03 bits per heavy atom. The van der Waals surface area contributed by atoms with E-state index < -0.39 is 24.9 Å². The predicted octanol–water partition coefficient (Wildman–Crippen LogP) is 2.77. The molecule has 1 saturated heterocycles. The number of likely N-dealkylation sites (tertiary alicyclic amines) is 1. The predicted molar refractivity (Wildman–Crippen MR) is 103 cm³/mol. The van der Waals surface area contributed by atoms with Crippen LogP contribution in [0.5, 0.6) is 0 Å². The lowest BCUT2D eigenvalue weighted by atomic mass is 9.63. The van der Waals surface area contributed by atoms with Gasteiger partial charge in [-0.1, -0.05) is 35.4 Å². The molecule has 2 saturated carbocycles. The fourth-order valence-corrected chi connectivity index (χ4v) is 5.80. The number of imide groups is 1. The van der Waals surface area contributed by atoms with E-state index in [2.05, 4.69) is 12.2 Å². The first-order valence-corrected chi connectivity index (χ1v) is 10.3. The number of halogens is 2. The van der Waals surface area contributed by atoms with Gasteiger partial charge in [0.15, 0.2) is 6.61 Å². The Hall–Kier alpha value is -2.18. The zero-order valence-corrected chi connectivity index (χ0v) is 16.7. The smallest absolute Gasteiger partial charge is 0.326 e. The highest BCUT2D eigenvalue weighted by atomic mass is 35.5. The van der Waals surface area contributed by atoms with E-state index >= 15 is 0 Å². The zero-order chi connectivity index (χ0) is 20.4. The molecule has 150 valence electrons. The number of allylic oxidation sites excluding steroid dienone is 2. The fourth-order valence-electron chi connectivity index (χ4n) is 5.29. The Balaban J connectivity index is 1.22. The minimum atomic E-state index is -0.797. The Labute approximate surface area is 176 Å². The van der Waals surface area contributed by atoms with Crippen molar-refractivity contribution in [3.05, 3.63) is 46.0 Å². The summed E-state index contributed by atoms with van der Waals surface area (Å²) in [6.45, 7) is -0.999. The molecular formula is C21H17Cl2NO5. The molecule has 3 fully saturated rings. The molecule has 6 nitrogen and oxygen atoms in total. The van der Waals surface area contributed by atoms with Crippen LogP contribution in [0.15, 0.2) is 30.4 Å². The summed E-state index contributed by atoms with van der Waals surface area (Å²) in [6, 6.07) is 4.39. The van der Waals surface area contributed by atoms with E-state index in [9.17, 15) is 19.2 Å². The van der Waals surface area contributed by atoms with Crippen molar-refractivity contribution in [2.75, 3.05) is 13.2 Å². The zero-order valence-electron chi connectivity index (χ0n) is 15.2. The second kappa shape index (κ2) is 6.67. The molecule has 2 amide bonds. The highest BCUT2D eigenvalue weighted by Gasteiger charge is 2.67. The van der Waals surface area contributed by atoms with Crippen molar-refractivity contribution in [3.8, 4) is 0 Å². The normalized spacial score (nSPS) is 33.5. The number of esters is 1.